The lowest BCUT2D eigenvalue weighted by atomic mass is 9.80. The number of ether oxygens (including phenoxy) is 4. The number of nitrogens with zero attached hydrogens (tertiary/aromatic N) is 2. The van der Waals surface area contributed by atoms with Gasteiger partial charge < -0.3 is 23.8 Å². The Morgan fingerprint density at radius 3 is 2.06 bits per heavy atom. The summed E-state index contributed by atoms with van der Waals surface area (Å²) in [5.74, 6) is 1.74. The number of rotatable bonds is 9. The first-order chi connectivity index (χ1) is 22.2. The van der Waals surface area contributed by atoms with E-state index in [1.807, 2.05) is 0 Å². The third-order valence-electron chi connectivity index (χ3n) is 10.4. The van der Waals surface area contributed by atoms with Gasteiger partial charge in [-0.05, 0) is 106 Å². The van der Waals surface area contributed by atoms with Crippen LogP contribution < -0.4 is 14.4 Å². The fourth-order valence-corrected chi connectivity index (χ4v) is 7.87. The summed E-state index contributed by atoms with van der Waals surface area (Å²) in [5.41, 5.74) is 11.3. The first-order valence-corrected chi connectivity index (χ1v) is 17.0. The van der Waals surface area contributed by atoms with E-state index in [0.717, 1.165) is 58.1 Å². The number of methoxy groups -OCH3 is 4. The van der Waals surface area contributed by atoms with E-state index in [9.17, 15) is 0 Å². The van der Waals surface area contributed by atoms with E-state index in [-0.39, 0.29) is 23.3 Å². The van der Waals surface area contributed by atoms with Crippen LogP contribution in [0.2, 0.25) is 0 Å². The van der Waals surface area contributed by atoms with Crippen molar-refractivity contribution in [3.63, 3.8) is 0 Å². The maximum absolute atomic E-state index is 7.23. The Morgan fingerprint density at radius 2 is 1.45 bits per heavy atom. The zero-order valence-electron chi connectivity index (χ0n) is 30.3. The van der Waals surface area contributed by atoms with Crippen LogP contribution in [0.4, 0.5) is 11.4 Å². The molecule has 2 aromatic rings. The summed E-state index contributed by atoms with van der Waals surface area (Å²) >= 11 is 7.23. The zero-order chi connectivity index (χ0) is 34.4. The van der Waals surface area contributed by atoms with Crippen molar-refractivity contribution < 1.29 is 23.5 Å². The molecule has 0 saturated heterocycles. The Hall–Kier alpha value is -3.32. The number of benzene rings is 2. The molecule has 0 N–H and O–H groups in total. The third-order valence-corrected chi connectivity index (χ3v) is 10.9. The third kappa shape index (κ3) is 5.98. The molecule has 2 heterocycles. The Morgan fingerprint density at radius 1 is 0.809 bits per heavy atom. The van der Waals surface area contributed by atoms with Crippen LogP contribution >= 0.6 is 11.6 Å². The summed E-state index contributed by atoms with van der Waals surface area (Å²) in [4.78, 5) is 2.32. The predicted molar refractivity (Wildman–Crippen MR) is 194 cm³/mol. The molecule has 0 aromatic heterocycles. The number of hydrogen-bond acceptors (Lipinski definition) is 5. The molecule has 0 bridgehead atoms. The first kappa shape index (κ1) is 35.0. The quantitative estimate of drug-likeness (QED) is 0.251. The highest BCUT2D eigenvalue weighted by Crippen LogP contribution is 2.52. The minimum absolute atomic E-state index is 0.139. The number of hydrogen-bond donors (Lipinski definition) is 0. The smallest absolute Gasteiger partial charge is 0.260 e. The van der Waals surface area contributed by atoms with E-state index >= 15 is 0 Å². The van der Waals surface area contributed by atoms with Crippen LogP contribution in [-0.4, -0.2) is 51.2 Å². The fraction of sp³-hybridized carbons (Fsp3) is 0.475. The molecule has 0 amide bonds. The van der Waals surface area contributed by atoms with Crippen LogP contribution in [-0.2, 0) is 20.3 Å². The topological polar surface area (TPSA) is 43.2 Å². The van der Waals surface area contributed by atoms with Gasteiger partial charge in [0.05, 0.1) is 25.3 Å². The van der Waals surface area contributed by atoms with Crippen LogP contribution in [0.15, 0.2) is 70.4 Å². The lowest BCUT2D eigenvalue weighted by Gasteiger charge is -2.31. The largest absolute Gasteiger partial charge is 0.497 e. The molecule has 1 aliphatic carbocycles. The summed E-state index contributed by atoms with van der Waals surface area (Å²) in [6.45, 7) is 17.6. The molecule has 2 unspecified atom stereocenters. The van der Waals surface area contributed by atoms with Gasteiger partial charge in [-0.3, -0.25) is 0 Å². The Kier molecular flexibility index (Phi) is 9.90. The average Bonchev–Trinajstić information content (AvgIpc) is 3.42. The summed E-state index contributed by atoms with van der Waals surface area (Å²) in [6.07, 6.45) is 11.6. The molecule has 0 fully saturated rings. The van der Waals surface area contributed by atoms with Crippen molar-refractivity contribution in [3.8, 4) is 11.5 Å². The molecule has 0 spiro atoms. The second kappa shape index (κ2) is 13.3. The van der Waals surface area contributed by atoms with Gasteiger partial charge in [0.15, 0.2) is 5.71 Å². The second-order valence-electron chi connectivity index (χ2n) is 14.0. The maximum atomic E-state index is 7.23. The van der Waals surface area contributed by atoms with E-state index < -0.39 is 0 Å². The fourth-order valence-electron chi connectivity index (χ4n) is 7.55. The molecule has 7 heteroatoms. The standard InChI is InChI=1S/C40H52ClN2O4/c1-24-20-30(46-11)22-32-37(24)42(26(3)44-9)34(39(32,5)6)18-16-28-14-13-15-29(36(28)41)17-19-35-40(7,8)33-23-31(47-12)21-25(2)38(33)43(35)27(4)45-10/h16-23,26-27H,13-15H2,1-12H3/q+1. The van der Waals surface area contributed by atoms with Gasteiger partial charge in [0, 0.05) is 54.5 Å². The molecule has 3 aliphatic rings. The molecule has 2 aliphatic heterocycles. The highest BCUT2D eigenvalue weighted by molar-refractivity contribution is 6.32. The number of fused-ring (bicyclic) bond motifs is 2. The molecular weight excluding hydrogens is 608 g/mol. The highest BCUT2D eigenvalue weighted by atomic mass is 35.5. The van der Waals surface area contributed by atoms with E-state index in [1.165, 1.54) is 33.9 Å². The predicted octanol–water partition coefficient (Wildman–Crippen LogP) is 9.52. The maximum Gasteiger partial charge on any atom is 0.260 e. The molecule has 0 radical (unpaired) electrons. The van der Waals surface area contributed by atoms with Crippen LogP contribution in [0.1, 0.15) is 83.1 Å². The number of halogens is 1. The Bertz CT molecular complexity index is 1730. The van der Waals surface area contributed by atoms with E-state index in [0.29, 0.717) is 0 Å². The lowest BCUT2D eigenvalue weighted by Crippen LogP contribution is -2.35. The molecule has 2 atom stereocenters. The number of aryl methyl sites for hydroxylation is 2. The molecular formula is C40H52ClN2O4+. The summed E-state index contributed by atoms with van der Waals surface area (Å²) in [6, 6.07) is 8.51. The molecule has 47 heavy (non-hydrogen) atoms. The minimum atomic E-state index is -0.256. The molecule has 6 nitrogen and oxygen atoms in total. The van der Waals surface area contributed by atoms with Gasteiger partial charge in [0.25, 0.3) is 6.23 Å². The molecule has 2 aromatic carbocycles. The Labute approximate surface area is 287 Å². The van der Waals surface area contributed by atoms with Crippen molar-refractivity contribution in [1.82, 2.24) is 0 Å². The van der Waals surface area contributed by atoms with Gasteiger partial charge in [-0.1, -0.05) is 37.6 Å². The average molecular weight is 660 g/mol. The van der Waals surface area contributed by atoms with E-state index in [4.69, 9.17) is 30.5 Å². The van der Waals surface area contributed by atoms with Gasteiger partial charge in [-0.25, -0.2) is 0 Å². The van der Waals surface area contributed by atoms with Gasteiger partial charge >= 0.3 is 0 Å². The van der Waals surface area contributed by atoms with Gasteiger partial charge in [-0.2, -0.15) is 4.58 Å². The number of allylic oxidation sites excluding steroid dienone is 8. The normalized spacial score (nSPS) is 21.6. The van der Waals surface area contributed by atoms with Gasteiger partial charge in [0.1, 0.15) is 17.7 Å². The lowest BCUT2D eigenvalue weighted by molar-refractivity contribution is -0.533. The second-order valence-corrected chi connectivity index (χ2v) is 14.4. The highest BCUT2D eigenvalue weighted by Gasteiger charge is 2.48. The van der Waals surface area contributed by atoms with Crippen molar-refractivity contribution in [2.75, 3.05) is 33.3 Å². The summed E-state index contributed by atoms with van der Waals surface area (Å²) in [5, 5.41) is 0.833. The first-order valence-electron chi connectivity index (χ1n) is 16.6. The van der Waals surface area contributed by atoms with Crippen LogP contribution in [0.3, 0.4) is 0 Å². The van der Waals surface area contributed by atoms with Crippen LogP contribution in [0.25, 0.3) is 0 Å². The molecule has 252 valence electrons. The van der Waals surface area contributed by atoms with Gasteiger partial charge in [-0.15, -0.1) is 0 Å². The van der Waals surface area contributed by atoms with Crippen molar-refractivity contribution in [2.24, 2.45) is 0 Å². The zero-order valence-corrected chi connectivity index (χ0v) is 31.1. The van der Waals surface area contributed by atoms with E-state index in [2.05, 4.69) is 113 Å². The minimum Gasteiger partial charge on any atom is -0.497 e. The van der Waals surface area contributed by atoms with Crippen LogP contribution in [0.5, 0.6) is 11.5 Å². The van der Waals surface area contributed by atoms with E-state index in [1.54, 1.807) is 28.4 Å². The summed E-state index contributed by atoms with van der Waals surface area (Å²) in [7, 11) is 6.97. The van der Waals surface area contributed by atoms with Crippen molar-refractivity contribution >= 4 is 28.7 Å². The Balaban J connectivity index is 1.56. The van der Waals surface area contributed by atoms with Crippen LogP contribution in [0, 0.1) is 13.8 Å². The summed E-state index contributed by atoms with van der Waals surface area (Å²) < 4.78 is 25.4. The van der Waals surface area contributed by atoms with Crippen molar-refractivity contribution in [1.29, 1.82) is 0 Å². The van der Waals surface area contributed by atoms with Crippen molar-refractivity contribution in [3.05, 3.63) is 92.7 Å². The number of anilines is 1. The molecule has 5 rings (SSSR count). The monoisotopic (exact) mass is 659 g/mol. The van der Waals surface area contributed by atoms with Crippen molar-refractivity contribution in [2.45, 2.75) is 97.9 Å². The van der Waals surface area contributed by atoms with Gasteiger partial charge in [0.2, 0.25) is 5.69 Å². The SMILES string of the molecule is COc1cc(C)c2c(c1)C(C)(C)C(/C=C/C1=C(Cl)C(=C/C=C3\N(C(C)OC)c4c(C)cc(OC)cc4C3(C)C)/CCC1)=[N+]2C(C)OC. The molecule has 0 saturated carbocycles.